The molecule has 0 unspecified atom stereocenters. The van der Waals surface area contributed by atoms with E-state index >= 15 is 0 Å². The summed E-state index contributed by atoms with van der Waals surface area (Å²) in [5.41, 5.74) is 2.27. The molecule has 1 N–H and O–H groups in total. The van der Waals surface area contributed by atoms with Crippen LogP contribution in [0.1, 0.15) is 32.1 Å². The van der Waals surface area contributed by atoms with E-state index in [2.05, 4.69) is 18.5 Å². The summed E-state index contributed by atoms with van der Waals surface area (Å²) in [5, 5.41) is 13.9. The zero-order valence-electron chi connectivity index (χ0n) is 10.4. The van der Waals surface area contributed by atoms with Crippen LogP contribution in [-0.4, -0.2) is 4.92 Å². The van der Waals surface area contributed by atoms with Crippen LogP contribution in [-0.2, 0) is 0 Å². The number of hydrogen-bond donors (Lipinski definition) is 1. The molecule has 1 aliphatic heterocycles. The maximum atomic E-state index is 10.8. The van der Waals surface area contributed by atoms with Crippen molar-refractivity contribution in [3.05, 3.63) is 58.6 Å². The molecule has 1 saturated carbocycles. The molecule has 0 aromatic heterocycles. The van der Waals surface area contributed by atoms with E-state index in [9.17, 15) is 10.1 Å². The first kappa shape index (κ1) is 12.6. The molecule has 1 aliphatic carbocycles. The van der Waals surface area contributed by atoms with Crippen LogP contribution in [0.15, 0.2) is 48.5 Å². The Morgan fingerprint density at radius 2 is 2.00 bits per heavy atom. The number of nitro groups is 1. The molecule has 0 aromatic carbocycles. The zero-order valence-corrected chi connectivity index (χ0v) is 10.4. The first-order valence-corrected chi connectivity index (χ1v) is 6.25. The minimum Gasteiger partial charge on any atom is -0.353 e. The lowest BCUT2D eigenvalue weighted by molar-refractivity contribution is -0.404. The number of nitrogens with zero attached hydrogens (tertiary/aromatic N) is 1. The van der Waals surface area contributed by atoms with Crippen molar-refractivity contribution >= 4 is 0 Å². The van der Waals surface area contributed by atoms with Gasteiger partial charge in [-0.1, -0.05) is 44.6 Å². The van der Waals surface area contributed by atoms with Crippen molar-refractivity contribution in [3.63, 3.8) is 0 Å². The van der Waals surface area contributed by atoms with Gasteiger partial charge in [0.1, 0.15) is 0 Å². The molecule has 0 aromatic rings. The lowest BCUT2D eigenvalue weighted by atomic mass is 9.68. The van der Waals surface area contributed by atoms with Gasteiger partial charge in [-0.05, 0) is 18.4 Å². The fourth-order valence-electron chi connectivity index (χ4n) is 3.12. The molecule has 0 bridgehead atoms. The van der Waals surface area contributed by atoms with E-state index in [4.69, 9.17) is 0 Å². The average molecular weight is 246 g/mol. The van der Waals surface area contributed by atoms with Crippen molar-refractivity contribution in [2.75, 3.05) is 0 Å². The van der Waals surface area contributed by atoms with Crippen LogP contribution >= 0.6 is 0 Å². The molecule has 1 saturated heterocycles. The van der Waals surface area contributed by atoms with Gasteiger partial charge < -0.3 is 5.32 Å². The second-order valence-electron chi connectivity index (χ2n) is 4.89. The van der Waals surface area contributed by atoms with Gasteiger partial charge in [0.15, 0.2) is 0 Å². The minimum atomic E-state index is -0.386. The van der Waals surface area contributed by atoms with Gasteiger partial charge in [-0.2, -0.15) is 0 Å². The fourth-order valence-corrected chi connectivity index (χ4v) is 3.12. The molecule has 2 rings (SSSR count). The molecule has 4 nitrogen and oxygen atoms in total. The third-order valence-electron chi connectivity index (χ3n) is 3.87. The van der Waals surface area contributed by atoms with Crippen LogP contribution in [0.3, 0.4) is 0 Å². The van der Waals surface area contributed by atoms with E-state index in [0.717, 1.165) is 43.2 Å². The Bertz CT molecular complexity index is 454. The second-order valence-corrected chi connectivity index (χ2v) is 4.89. The lowest BCUT2D eigenvalue weighted by Crippen LogP contribution is -2.26. The predicted molar refractivity (Wildman–Crippen MR) is 71.2 cm³/mol. The average Bonchev–Trinajstić information content (AvgIpc) is 2.56. The summed E-state index contributed by atoms with van der Waals surface area (Å²) in [6.07, 6.45) is 10.0. The van der Waals surface area contributed by atoms with E-state index in [1.807, 2.05) is 6.08 Å². The van der Waals surface area contributed by atoms with Gasteiger partial charge in [0.2, 0.25) is 0 Å². The van der Waals surface area contributed by atoms with Crippen LogP contribution in [0.25, 0.3) is 0 Å². The number of rotatable bonds is 2. The zero-order chi connectivity index (χ0) is 13.2. The summed E-state index contributed by atoms with van der Waals surface area (Å²) in [7, 11) is 0. The van der Waals surface area contributed by atoms with E-state index in [0.29, 0.717) is 5.70 Å². The van der Waals surface area contributed by atoms with E-state index < -0.39 is 0 Å². The third-order valence-corrected chi connectivity index (χ3v) is 3.87. The summed E-state index contributed by atoms with van der Waals surface area (Å²) < 4.78 is 0. The van der Waals surface area contributed by atoms with Gasteiger partial charge in [-0.25, -0.2) is 0 Å². The van der Waals surface area contributed by atoms with Crippen molar-refractivity contribution < 1.29 is 4.92 Å². The van der Waals surface area contributed by atoms with Crippen LogP contribution in [0, 0.1) is 15.5 Å². The molecule has 2 aliphatic rings. The monoisotopic (exact) mass is 246 g/mol. The highest BCUT2D eigenvalue weighted by Crippen LogP contribution is 2.53. The van der Waals surface area contributed by atoms with Crippen LogP contribution < -0.4 is 5.32 Å². The van der Waals surface area contributed by atoms with Gasteiger partial charge in [-0.3, -0.25) is 10.1 Å². The SMILES string of the molecule is C=C/C=C1\C(=C)N/C(=C\[N+](=O)[O-])C12CCCCC2. The molecular weight excluding hydrogens is 228 g/mol. The van der Waals surface area contributed by atoms with E-state index in [-0.39, 0.29) is 10.3 Å². The van der Waals surface area contributed by atoms with Gasteiger partial charge in [0.25, 0.3) is 6.20 Å². The first-order valence-electron chi connectivity index (χ1n) is 6.25. The summed E-state index contributed by atoms with van der Waals surface area (Å²) >= 11 is 0. The van der Waals surface area contributed by atoms with Crippen molar-refractivity contribution in [1.29, 1.82) is 0 Å². The van der Waals surface area contributed by atoms with Gasteiger partial charge in [0, 0.05) is 11.1 Å². The lowest BCUT2D eigenvalue weighted by Gasteiger charge is -2.33. The molecule has 4 heteroatoms. The summed E-state index contributed by atoms with van der Waals surface area (Å²) in [6, 6.07) is 0. The number of hydrogen-bond acceptors (Lipinski definition) is 3. The molecule has 0 radical (unpaired) electrons. The second kappa shape index (κ2) is 4.80. The van der Waals surface area contributed by atoms with E-state index in [1.165, 1.54) is 6.42 Å². The van der Waals surface area contributed by atoms with Gasteiger partial charge >= 0.3 is 0 Å². The highest BCUT2D eigenvalue weighted by Gasteiger charge is 2.46. The first-order chi connectivity index (χ1) is 8.60. The quantitative estimate of drug-likeness (QED) is 0.601. The molecular formula is C14H18N2O2. The Morgan fingerprint density at radius 3 is 2.56 bits per heavy atom. The van der Waals surface area contributed by atoms with Crippen LogP contribution in [0.5, 0.6) is 0 Å². The molecule has 0 atom stereocenters. The predicted octanol–water partition coefficient (Wildman–Crippen LogP) is 3.28. The largest absolute Gasteiger partial charge is 0.353 e. The standard InChI is InChI=1S/C14H18N2O2/c1-3-7-12-11(2)15-13(10-16(17)18)14(12)8-5-4-6-9-14/h3,7,10,15H,1-2,4-6,8-9H2/b12-7+,13-10-. The van der Waals surface area contributed by atoms with Crippen molar-refractivity contribution in [3.8, 4) is 0 Å². The van der Waals surface area contributed by atoms with Gasteiger partial charge in [0.05, 0.1) is 10.6 Å². The van der Waals surface area contributed by atoms with Crippen molar-refractivity contribution in [2.24, 2.45) is 5.41 Å². The highest BCUT2D eigenvalue weighted by atomic mass is 16.6. The summed E-state index contributed by atoms with van der Waals surface area (Å²) in [5.74, 6) is 0. The Balaban J connectivity index is 2.50. The molecule has 96 valence electrons. The maximum absolute atomic E-state index is 10.8. The highest BCUT2D eigenvalue weighted by molar-refractivity contribution is 5.50. The third kappa shape index (κ3) is 1.98. The minimum absolute atomic E-state index is 0.239. The smallest absolute Gasteiger partial charge is 0.254 e. The molecule has 0 amide bonds. The number of allylic oxidation sites excluding steroid dienone is 4. The Labute approximate surface area is 107 Å². The maximum Gasteiger partial charge on any atom is 0.254 e. The van der Waals surface area contributed by atoms with Crippen LogP contribution in [0.4, 0.5) is 0 Å². The molecule has 1 heterocycles. The molecule has 2 fully saturated rings. The Morgan fingerprint density at radius 1 is 1.33 bits per heavy atom. The fraction of sp³-hybridized carbons (Fsp3) is 0.429. The van der Waals surface area contributed by atoms with Crippen LogP contribution in [0.2, 0.25) is 0 Å². The normalized spacial score (nSPS) is 26.6. The summed E-state index contributed by atoms with van der Waals surface area (Å²) in [6.45, 7) is 7.69. The Hall–Kier alpha value is -1.84. The number of nitrogens with one attached hydrogen (secondary N) is 1. The topological polar surface area (TPSA) is 55.2 Å². The van der Waals surface area contributed by atoms with Crippen molar-refractivity contribution in [2.45, 2.75) is 32.1 Å². The van der Waals surface area contributed by atoms with Gasteiger partial charge in [-0.15, -0.1) is 0 Å². The summed E-state index contributed by atoms with van der Waals surface area (Å²) in [4.78, 5) is 10.4. The van der Waals surface area contributed by atoms with E-state index in [1.54, 1.807) is 6.08 Å². The molecule has 1 spiro atoms. The Kier molecular flexibility index (Phi) is 3.36. The van der Waals surface area contributed by atoms with Crippen molar-refractivity contribution in [1.82, 2.24) is 5.32 Å². The molecule has 18 heavy (non-hydrogen) atoms.